The largest absolute Gasteiger partial charge is 0.489 e. The third-order valence-corrected chi connectivity index (χ3v) is 3.73. The summed E-state index contributed by atoms with van der Waals surface area (Å²) < 4.78 is 11.6. The van der Waals surface area contributed by atoms with Gasteiger partial charge in [0.2, 0.25) is 5.88 Å². The van der Waals surface area contributed by atoms with Gasteiger partial charge >= 0.3 is 5.97 Å². The molecule has 0 aliphatic carbocycles. The lowest BCUT2D eigenvalue weighted by Crippen LogP contribution is -2.22. The average molecular weight is 344 g/mol. The van der Waals surface area contributed by atoms with Crippen molar-refractivity contribution in [2.45, 2.75) is 26.7 Å². The number of aromatic nitrogens is 1. The zero-order valence-electron chi connectivity index (χ0n) is 14.6. The summed E-state index contributed by atoms with van der Waals surface area (Å²) in [5.74, 6) is -0.0819. The number of para-hydroxylation sites is 2. The van der Waals surface area contributed by atoms with Crippen LogP contribution in [0.5, 0.6) is 17.4 Å². The molecule has 134 valence electrons. The molecule has 1 aromatic heterocycles. The van der Waals surface area contributed by atoms with Crippen molar-refractivity contribution in [3.8, 4) is 17.4 Å². The number of rotatable bonds is 9. The average Bonchev–Trinajstić information content (AvgIpc) is 2.59. The van der Waals surface area contributed by atoms with Gasteiger partial charge in [-0.1, -0.05) is 26.0 Å². The number of carboxylic acid groups (broad SMARTS) is 1. The van der Waals surface area contributed by atoms with Gasteiger partial charge in [-0.3, -0.25) is 0 Å². The fourth-order valence-electron chi connectivity index (χ4n) is 2.32. The Balaban J connectivity index is 2.15. The standard InChI is InChI=1S/C19H24N2O4/c1-19(2,10-6-11-20)13-24-15-8-3-4-9-16(15)25-17-14(18(22)23)7-5-12-21-17/h3-5,7-9,12H,6,10-11,13,20H2,1-2H3,(H,22,23). The molecule has 0 aliphatic rings. The predicted molar refractivity (Wildman–Crippen MR) is 95.3 cm³/mol. The third-order valence-electron chi connectivity index (χ3n) is 3.73. The minimum absolute atomic E-state index is 0.000536. The molecular weight excluding hydrogens is 320 g/mol. The molecule has 0 amide bonds. The summed E-state index contributed by atoms with van der Waals surface area (Å²) in [7, 11) is 0. The molecule has 2 rings (SSSR count). The zero-order chi connectivity index (χ0) is 18.3. The molecule has 0 atom stereocenters. The Morgan fingerprint density at radius 3 is 2.60 bits per heavy atom. The first kappa shape index (κ1) is 18.7. The van der Waals surface area contributed by atoms with Crippen LogP contribution in [-0.2, 0) is 0 Å². The van der Waals surface area contributed by atoms with E-state index in [0.717, 1.165) is 12.8 Å². The smallest absolute Gasteiger partial charge is 0.341 e. The van der Waals surface area contributed by atoms with E-state index in [1.165, 1.54) is 12.3 Å². The monoisotopic (exact) mass is 344 g/mol. The van der Waals surface area contributed by atoms with Crippen LogP contribution in [0.25, 0.3) is 0 Å². The quantitative estimate of drug-likeness (QED) is 0.720. The lowest BCUT2D eigenvalue weighted by atomic mass is 9.89. The summed E-state index contributed by atoms with van der Waals surface area (Å²) in [6.07, 6.45) is 3.38. The summed E-state index contributed by atoms with van der Waals surface area (Å²) in [5, 5.41) is 9.24. The van der Waals surface area contributed by atoms with Gasteiger partial charge in [-0.05, 0) is 49.1 Å². The summed E-state index contributed by atoms with van der Waals surface area (Å²) in [5.41, 5.74) is 5.55. The van der Waals surface area contributed by atoms with E-state index in [1.807, 2.05) is 6.07 Å². The van der Waals surface area contributed by atoms with Crippen LogP contribution in [0.2, 0.25) is 0 Å². The molecule has 6 heteroatoms. The highest BCUT2D eigenvalue weighted by molar-refractivity contribution is 5.90. The molecule has 0 bridgehead atoms. The first-order valence-corrected chi connectivity index (χ1v) is 8.21. The first-order valence-electron chi connectivity index (χ1n) is 8.21. The number of hydrogen-bond donors (Lipinski definition) is 2. The highest BCUT2D eigenvalue weighted by Gasteiger charge is 2.20. The number of nitrogens with two attached hydrogens (primary N) is 1. The number of aromatic carboxylic acids is 1. The normalized spacial score (nSPS) is 11.2. The zero-order valence-corrected chi connectivity index (χ0v) is 14.6. The SMILES string of the molecule is CC(C)(CCCN)COc1ccccc1Oc1ncccc1C(=O)O. The van der Waals surface area contributed by atoms with Crippen molar-refractivity contribution in [1.82, 2.24) is 4.98 Å². The second kappa shape index (κ2) is 8.48. The molecule has 1 heterocycles. The van der Waals surface area contributed by atoms with Crippen LogP contribution in [0, 0.1) is 5.41 Å². The summed E-state index contributed by atoms with van der Waals surface area (Å²) in [6.45, 7) is 5.39. The molecule has 0 unspecified atom stereocenters. The second-order valence-electron chi connectivity index (χ2n) is 6.56. The Bertz CT molecular complexity index is 716. The van der Waals surface area contributed by atoms with Crippen LogP contribution in [0.3, 0.4) is 0 Å². The second-order valence-corrected chi connectivity index (χ2v) is 6.56. The fourth-order valence-corrected chi connectivity index (χ4v) is 2.32. The van der Waals surface area contributed by atoms with E-state index in [1.54, 1.807) is 24.3 Å². The van der Waals surface area contributed by atoms with Crippen molar-refractivity contribution < 1.29 is 19.4 Å². The molecule has 0 spiro atoms. The molecule has 3 N–H and O–H groups in total. The number of ether oxygens (including phenoxy) is 2. The highest BCUT2D eigenvalue weighted by Crippen LogP contribution is 2.33. The van der Waals surface area contributed by atoms with E-state index in [2.05, 4.69) is 18.8 Å². The number of carbonyl (C=O) groups is 1. The van der Waals surface area contributed by atoms with Crippen molar-refractivity contribution >= 4 is 5.97 Å². The lowest BCUT2D eigenvalue weighted by molar-refractivity contribution is 0.0693. The van der Waals surface area contributed by atoms with Gasteiger partial charge < -0.3 is 20.3 Å². The maximum atomic E-state index is 11.3. The van der Waals surface area contributed by atoms with E-state index in [4.69, 9.17) is 15.2 Å². The Morgan fingerprint density at radius 2 is 1.92 bits per heavy atom. The molecule has 2 aromatic rings. The molecular formula is C19H24N2O4. The minimum Gasteiger partial charge on any atom is -0.489 e. The molecule has 25 heavy (non-hydrogen) atoms. The molecule has 0 saturated heterocycles. The van der Waals surface area contributed by atoms with Gasteiger partial charge in [0.15, 0.2) is 11.5 Å². The summed E-state index contributed by atoms with van der Waals surface area (Å²) >= 11 is 0. The maximum Gasteiger partial charge on any atom is 0.341 e. The number of carboxylic acids is 1. The molecule has 1 aromatic carbocycles. The van der Waals surface area contributed by atoms with Crippen molar-refractivity contribution in [2.75, 3.05) is 13.2 Å². The summed E-state index contributed by atoms with van der Waals surface area (Å²) in [4.78, 5) is 15.3. The molecule has 0 aliphatic heterocycles. The minimum atomic E-state index is -1.09. The number of benzene rings is 1. The Labute approximate surface area is 147 Å². The van der Waals surface area contributed by atoms with E-state index in [-0.39, 0.29) is 16.9 Å². The topological polar surface area (TPSA) is 94.7 Å². The van der Waals surface area contributed by atoms with E-state index >= 15 is 0 Å². The Kier molecular flexibility index (Phi) is 6.36. The van der Waals surface area contributed by atoms with Crippen LogP contribution in [0.1, 0.15) is 37.0 Å². The van der Waals surface area contributed by atoms with Crippen LogP contribution < -0.4 is 15.2 Å². The van der Waals surface area contributed by atoms with Crippen molar-refractivity contribution in [2.24, 2.45) is 11.1 Å². The van der Waals surface area contributed by atoms with Gasteiger partial charge in [-0.2, -0.15) is 0 Å². The first-order chi connectivity index (χ1) is 11.9. The van der Waals surface area contributed by atoms with Gasteiger partial charge in [-0.15, -0.1) is 0 Å². The van der Waals surface area contributed by atoms with Gasteiger partial charge in [0.25, 0.3) is 0 Å². The van der Waals surface area contributed by atoms with Crippen LogP contribution in [0.4, 0.5) is 0 Å². The van der Waals surface area contributed by atoms with Gasteiger partial charge in [0.1, 0.15) is 5.56 Å². The number of nitrogens with zero attached hydrogens (tertiary/aromatic N) is 1. The highest BCUT2D eigenvalue weighted by atomic mass is 16.5. The van der Waals surface area contributed by atoms with Crippen molar-refractivity contribution in [1.29, 1.82) is 0 Å². The van der Waals surface area contributed by atoms with Crippen LogP contribution >= 0.6 is 0 Å². The molecule has 0 fully saturated rings. The summed E-state index contributed by atoms with van der Waals surface area (Å²) in [6, 6.07) is 10.2. The van der Waals surface area contributed by atoms with Gasteiger partial charge in [0, 0.05) is 6.20 Å². The van der Waals surface area contributed by atoms with Crippen LogP contribution in [-0.4, -0.2) is 29.2 Å². The third kappa shape index (κ3) is 5.46. The fraction of sp³-hybridized carbons (Fsp3) is 0.368. The maximum absolute atomic E-state index is 11.3. The molecule has 6 nitrogen and oxygen atoms in total. The van der Waals surface area contributed by atoms with Gasteiger partial charge in [-0.25, -0.2) is 9.78 Å². The number of pyridine rings is 1. The Morgan fingerprint density at radius 1 is 1.20 bits per heavy atom. The predicted octanol–water partition coefficient (Wildman–Crippen LogP) is 3.72. The Hall–Kier alpha value is -2.60. The van der Waals surface area contributed by atoms with Crippen molar-refractivity contribution in [3.05, 3.63) is 48.2 Å². The van der Waals surface area contributed by atoms with Gasteiger partial charge in [0.05, 0.1) is 6.61 Å². The lowest BCUT2D eigenvalue weighted by Gasteiger charge is -2.25. The van der Waals surface area contributed by atoms with E-state index < -0.39 is 5.97 Å². The molecule has 0 saturated carbocycles. The molecule has 0 radical (unpaired) electrons. The van der Waals surface area contributed by atoms with Crippen LogP contribution in [0.15, 0.2) is 42.6 Å². The van der Waals surface area contributed by atoms with E-state index in [0.29, 0.717) is 24.7 Å². The number of hydrogen-bond acceptors (Lipinski definition) is 5. The van der Waals surface area contributed by atoms with Crippen molar-refractivity contribution in [3.63, 3.8) is 0 Å². The van der Waals surface area contributed by atoms with E-state index in [9.17, 15) is 9.90 Å².